The molecule has 0 aliphatic rings. The van der Waals surface area contributed by atoms with Crippen LogP contribution in [0.2, 0.25) is 10.0 Å². The van der Waals surface area contributed by atoms with Gasteiger partial charge in [-0.3, -0.25) is 0 Å². The van der Waals surface area contributed by atoms with E-state index in [9.17, 15) is 0 Å². The van der Waals surface area contributed by atoms with Crippen molar-refractivity contribution in [3.8, 4) is 11.4 Å². The number of thiazole rings is 1. The van der Waals surface area contributed by atoms with E-state index in [0.29, 0.717) is 28.0 Å². The molecule has 0 aliphatic heterocycles. The zero-order valence-electron chi connectivity index (χ0n) is 11.3. The third kappa shape index (κ3) is 2.79. The second-order valence-corrected chi connectivity index (χ2v) is 6.58. The van der Waals surface area contributed by atoms with E-state index in [1.54, 1.807) is 22.1 Å². The van der Waals surface area contributed by atoms with E-state index in [0.717, 1.165) is 15.6 Å². The second-order valence-electron chi connectivity index (χ2n) is 4.50. The van der Waals surface area contributed by atoms with E-state index in [1.165, 1.54) is 0 Å². The molecule has 0 aliphatic carbocycles. The van der Waals surface area contributed by atoms with E-state index >= 15 is 0 Å². The molecule has 108 valence electrons. The van der Waals surface area contributed by atoms with Crippen molar-refractivity contribution in [1.29, 1.82) is 0 Å². The Morgan fingerprint density at radius 2 is 2.05 bits per heavy atom. The molecule has 0 N–H and O–H groups in total. The van der Waals surface area contributed by atoms with Crippen LogP contribution in [-0.4, -0.2) is 25.2 Å². The zero-order valence-corrected chi connectivity index (χ0v) is 13.7. The first-order valence-corrected chi connectivity index (χ1v) is 7.77. The summed E-state index contributed by atoms with van der Waals surface area (Å²) in [6.45, 7) is 4.52. The highest BCUT2D eigenvalue weighted by atomic mass is 35.5. The Kier molecular flexibility index (Phi) is 3.93. The molecule has 0 saturated heterocycles. The van der Waals surface area contributed by atoms with Crippen LogP contribution in [0.25, 0.3) is 11.4 Å². The van der Waals surface area contributed by atoms with Gasteiger partial charge in [-0.05, 0) is 36.4 Å². The average Bonchev–Trinajstić information content (AvgIpc) is 3.01. The average molecular weight is 340 g/mol. The van der Waals surface area contributed by atoms with Crippen LogP contribution < -0.4 is 0 Å². The third-order valence-electron chi connectivity index (χ3n) is 3.02. The molecule has 3 rings (SSSR count). The first-order chi connectivity index (χ1) is 10.1. The van der Waals surface area contributed by atoms with Crippen LogP contribution >= 0.6 is 34.5 Å². The molecule has 0 bridgehead atoms. The van der Waals surface area contributed by atoms with E-state index < -0.39 is 0 Å². The minimum Gasteiger partial charge on any atom is -0.247 e. The predicted molar refractivity (Wildman–Crippen MR) is 84.0 cm³/mol. The molecular formula is C13H11Cl2N5S. The summed E-state index contributed by atoms with van der Waals surface area (Å²) in [5, 5.41) is 13.8. The molecule has 1 aromatic carbocycles. The first-order valence-electron chi connectivity index (χ1n) is 6.19. The number of hydrogen-bond donors (Lipinski definition) is 0. The summed E-state index contributed by atoms with van der Waals surface area (Å²) in [6, 6.07) is 5.41. The highest BCUT2D eigenvalue weighted by Crippen LogP contribution is 2.32. The molecule has 0 amide bonds. The maximum absolute atomic E-state index is 6.24. The summed E-state index contributed by atoms with van der Waals surface area (Å²) in [5.41, 5.74) is 1.71. The lowest BCUT2D eigenvalue weighted by Gasteiger charge is -2.06. The normalized spacial score (nSPS) is 11.0. The van der Waals surface area contributed by atoms with Crippen molar-refractivity contribution >= 4 is 34.5 Å². The lowest BCUT2D eigenvalue weighted by atomic mass is 10.2. The number of aromatic nitrogens is 5. The summed E-state index contributed by atoms with van der Waals surface area (Å²) in [6.07, 6.45) is 0. The molecule has 2 heterocycles. The first kappa shape index (κ1) is 14.4. The molecule has 0 saturated carbocycles. The molecule has 0 fully saturated rings. The summed E-state index contributed by atoms with van der Waals surface area (Å²) >= 11 is 13.9. The Labute approximate surface area is 135 Å². The Hall–Kier alpha value is -1.50. The highest BCUT2D eigenvalue weighted by molar-refractivity contribution is 7.11. The lowest BCUT2D eigenvalue weighted by molar-refractivity contribution is 0.656. The Morgan fingerprint density at radius 1 is 1.24 bits per heavy atom. The lowest BCUT2D eigenvalue weighted by Crippen LogP contribution is -2.04. The van der Waals surface area contributed by atoms with Crippen molar-refractivity contribution < 1.29 is 0 Å². The van der Waals surface area contributed by atoms with E-state index in [2.05, 4.69) is 20.5 Å². The molecule has 5 nitrogen and oxygen atoms in total. The Morgan fingerprint density at radius 3 is 2.76 bits per heavy atom. The SMILES string of the molecule is Cc1nc(C)c(Cn2nnnc2-c2cccc(Cl)c2Cl)s1. The molecule has 21 heavy (non-hydrogen) atoms. The second kappa shape index (κ2) is 5.71. The number of rotatable bonds is 3. The quantitative estimate of drug-likeness (QED) is 0.728. The van der Waals surface area contributed by atoms with Crippen LogP contribution in [0.1, 0.15) is 15.6 Å². The van der Waals surface area contributed by atoms with Gasteiger partial charge in [-0.2, -0.15) is 0 Å². The Bertz CT molecular complexity index is 796. The van der Waals surface area contributed by atoms with Crippen LogP contribution in [0.15, 0.2) is 18.2 Å². The van der Waals surface area contributed by atoms with Gasteiger partial charge in [0.25, 0.3) is 0 Å². The fourth-order valence-corrected chi connectivity index (χ4v) is 3.34. The maximum atomic E-state index is 6.24. The summed E-state index contributed by atoms with van der Waals surface area (Å²) < 4.78 is 1.71. The largest absolute Gasteiger partial charge is 0.247 e. The van der Waals surface area contributed by atoms with E-state index in [4.69, 9.17) is 23.2 Å². The fourth-order valence-electron chi connectivity index (χ4n) is 2.04. The predicted octanol–water partition coefficient (Wildman–Crippen LogP) is 3.77. The van der Waals surface area contributed by atoms with Crippen molar-refractivity contribution in [2.75, 3.05) is 0 Å². The van der Waals surface area contributed by atoms with Gasteiger partial charge < -0.3 is 0 Å². The van der Waals surface area contributed by atoms with Gasteiger partial charge in [-0.15, -0.1) is 16.4 Å². The molecule has 0 unspecified atom stereocenters. The number of benzene rings is 1. The molecule has 0 radical (unpaired) electrons. The van der Waals surface area contributed by atoms with Crippen molar-refractivity contribution in [1.82, 2.24) is 25.2 Å². The van der Waals surface area contributed by atoms with E-state index in [1.807, 2.05) is 26.0 Å². The number of halogens is 2. The van der Waals surface area contributed by atoms with Crippen molar-refractivity contribution in [2.45, 2.75) is 20.4 Å². The summed E-state index contributed by atoms with van der Waals surface area (Å²) in [5.74, 6) is 0.591. The number of hydrogen-bond acceptors (Lipinski definition) is 5. The van der Waals surface area contributed by atoms with E-state index in [-0.39, 0.29) is 0 Å². The van der Waals surface area contributed by atoms with Crippen LogP contribution in [-0.2, 0) is 6.54 Å². The standard InChI is InChI=1S/C13H11Cl2N5S/c1-7-11(21-8(2)16-7)6-20-13(17-18-19-20)9-4-3-5-10(14)12(9)15/h3-5H,6H2,1-2H3. The number of nitrogens with zero attached hydrogens (tertiary/aromatic N) is 5. The van der Waals surface area contributed by atoms with Crippen LogP contribution in [0.5, 0.6) is 0 Å². The van der Waals surface area contributed by atoms with Gasteiger partial charge in [0, 0.05) is 10.4 Å². The van der Waals surface area contributed by atoms with Gasteiger partial charge in [0.15, 0.2) is 5.82 Å². The van der Waals surface area contributed by atoms with Crippen molar-refractivity contribution in [2.24, 2.45) is 0 Å². The molecule has 2 aromatic heterocycles. The van der Waals surface area contributed by atoms with Gasteiger partial charge in [0.05, 0.1) is 27.3 Å². The molecule has 0 spiro atoms. The maximum Gasteiger partial charge on any atom is 0.183 e. The minimum absolute atomic E-state index is 0.451. The molecular weight excluding hydrogens is 329 g/mol. The van der Waals surface area contributed by atoms with Gasteiger partial charge in [-0.25, -0.2) is 9.67 Å². The Balaban J connectivity index is 2.01. The fraction of sp³-hybridized carbons (Fsp3) is 0.231. The monoisotopic (exact) mass is 339 g/mol. The number of tetrazole rings is 1. The van der Waals surface area contributed by atoms with Gasteiger partial charge in [0.1, 0.15) is 0 Å². The van der Waals surface area contributed by atoms with Gasteiger partial charge >= 0.3 is 0 Å². The van der Waals surface area contributed by atoms with Crippen LogP contribution in [0.3, 0.4) is 0 Å². The van der Waals surface area contributed by atoms with Crippen LogP contribution in [0, 0.1) is 13.8 Å². The molecule has 3 aromatic rings. The smallest absolute Gasteiger partial charge is 0.183 e. The summed E-state index contributed by atoms with van der Waals surface area (Å²) in [4.78, 5) is 5.54. The van der Waals surface area contributed by atoms with Crippen LogP contribution in [0.4, 0.5) is 0 Å². The topological polar surface area (TPSA) is 56.5 Å². The minimum atomic E-state index is 0.451. The van der Waals surface area contributed by atoms with Gasteiger partial charge in [0.2, 0.25) is 0 Å². The molecule has 8 heteroatoms. The van der Waals surface area contributed by atoms with Crippen molar-refractivity contribution in [3.63, 3.8) is 0 Å². The molecule has 0 atom stereocenters. The van der Waals surface area contributed by atoms with Gasteiger partial charge in [-0.1, -0.05) is 29.3 Å². The number of aryl methyl sites for hydroxylation is 2. The summed E-state index contributed by atoms with van der Waals surface area (Å²) in [7, 11) is 0. The highest BCUT2D eigenvalue weighted by Gasteiger charge is 2.16. The zero-order chi connectivity index (χ0) is 15.0. The third-order valence-corrected chi connectivity index (χ3v) is 4.89. The van der Waals surface area contributed by atoms with Crippen molar-refractivity contribution in [3.05, 3.63) is 43.8 Å².